The van der Waals surface area contributed by atoms with Crippen molar-refractivity contribution in [2.45, 2.75) is 6.10 Å². The lowest BCUT2D eigenvalue weighted by molar-refractivity contribution is 0.0296. The SMILES string of the molecule is O=C(NCC(OCCO)c1cccs1)c1ccc2c(c1)OCO2. The number of carbonyl (C=O) groups excluding carboxylic acids is 1. The highest BCUT2D eigenvalue weighted by molar-refractivity contribution is 7.10. The van der Waals surface area contributed by atoms with Crippen molar-refractivity contribution in [1.82, 2.24) is 5.32 Å². The van der Waals surface area contributed by atoms with Crippen LogP contribution in [0.4, 0.5) is 0 Å². The fourth-order valence-corrected chi connectivity index (χ4v) is 3.01. The van der Waals surface area contributed by atoms with Crippen molar-refractivity contribution in [3.05, 3.63) is 46.2 Å². The fourth-order valence-electron chi connectivity index (χ4n) is 2.24. The molecule has 0 aliphatic carbocycles. The number of thiophene rings is 1. The van der Waals surface area contributed by atoms with E-state index in [9.17, 15) is 4.79 Å². The second-order valence-electron chi connectivity index (χ2n) is 4.88. The van der Waals surface area contributed by atoms with Crippen molar-refractivity contribution >= 4 is 17.2 Å². The highest BCUT2D eigenvalue weighted by Crippen LogP contribution is 2.32. The van der Waals surface area contributed by atoms with Crippen LogP contribution >= 0.6 is 11.3 Å². The Bertz CT molecular complexity index is 658. The number of nitrogens with one attached hydrogen (secondary N) is 1. The lowest BCUT2D eigenvalue weighted by Gasteiger charge is -2.17. The Kier molecular flexibility index (Phi) is 5.12. The summed E-state index contributed by atoms with van der Waals surface area (Å²) in [5.74, 6) is 1.01. The summed E-state index contributed by atoms with van der Waals surface area (Å²) in [5.41, 5.74) is 0.501. The Morgan fingerprint density at radius 3 is 3.00 bits per heavy atom. The van der Waals surface area contributed by atoms with Gasteiger partial charge in [0.25, 0.3) is 5.91 Å². The zero-order chi connectivity index (χ0) is 16.1. The molecule has 2 aromatic rings. The summed E-state index contributed by atoms with van der Waals surface area (Å²) in [5, 5.41) is 13.7. The van der Waals surface area contributed by atoms with Gasteiger partial charge in [-0.3, -0.25) is 4.79 Å². The van der Waals surface area contributed by atoms with Gasteiger partial charge in [-0.1, -0.05) is 6.07 Å². The number of hydrogen-bond acceptors (Lipinski definition) is 6. The van der Waals surface area contributed by atoms with E-state index in [-0.39, 0.29) is 32.0 Å². The average molecular weight is 335 g/mol. The molecule has 1 aliphatic heterocycles. The average Bonchev–Trinajstić information content (AvgIpc) is 3.25. The molecule has 6 nitrogen and oxygen atoms in total. The van der Waals surface area contributed by atoms with Crippen molar-refractivity contribution in [1.29, 1.82) is 0 Å². The van der Waals surface area contributed by atoms with E-state index in [0.29, 0.717) is 23.6 Å². The summed E-state index contributed by atoms with van der Waals surface area (Å²) in [6.07, 6.45) is -0.278. The number of aliphatic hydroxyl groups excluding tert-OH is 1. The van der Waals surface area contributed by atoms with E-state index in [1.807, 2.05) is 17.5 Å². The number of rotatable bonds is 7. The van der Waals surface area contributed by atoms with E-state index in [0.717, 1.165) is 4.88 Å². The Morgan fingerprint density at radius 1 is 1.35 bits per heavy atom. The van der Waals surface area contributed by atoms with Gasteiger partial charge in [0.2, 0.25) is 6.79 Å². The number of amides is 1. The molecule has 7 heteroatoms. The van der Waals surface area contributed by atoms with Crippen LogP contribution in [0, 0.1) is 0 Å². The number of aliphatic hydroxyl groups is 1. The minimum Gasteiger partial charge on any atom is -0.454 e. The summed E-state index contributed by atoms with van der Waals surface area (Å²) in [6.45, 7) is 0.671. The van der Waals surface area contributed by atoms with Crippen LogP contribution in [0.1, 0.15) is 21.3 Å². The van der Waals surface area contributed by atoms with Gasteiger partial charge >= 0.3 is 0 Å². The molecule has 1 atom stereocenters. The van der Waals surface area contributed by atoms with Gasteiger partial charge in [-0.15, -0.1) is 11.3 Å². The first kappa shape index (κ1) is 15.8. The van der Waals surface area contributed by atoms with Crippen LogP contribution < -0.4 is 14.8 Å². The van der Waals surface area contributed by atoms with Crippen LogP contribution in [-0.2, 0) is 4.74 Å². The van der Waals surface area contributed by atoms with Crippen LogP contribution in [0.3, 0.4) is 0 Å². The highest BCUT2D eigenvalue weighted by atomic mass is 32.1. The molecule has 122 valence electrons. The van der Waals surface area contributed by atoms with Gasteiger partial charge in [0.15, 0.2) is 11.5 Å². The van der Waals surface area contributed by atoms with E-state index < -0.39 is 0 Å². The third kappa shape index (κ3) is 3.82. The maximum atomic E-state index is 12.3. The molecule has 0 radical (unpaired) electrons. The van der Waals surface area contributed by atoms with Gasteiger partial charge in [0.05, 0.1) is 13.2 Å². The Morgan fingerprint density at radius 2 is 2.22 bits per heavy atom. The third-order valence-electron chi connectivity index (χ3n) is 3.35. The highest BCUT2D eigenvalue weighted by Gasteiger charge is 2.18. The fraction of sp³-hybridized carbons (Fsp3) is 0.312. The molecule has 1 aromatic carbocycles. The summed E-state index contributed by atoms with van der Waals surface area (Å²) in [7, 11) is 0. The topological polar surface area (TPSA) is 77.0 Å². The van der Waals surface area contributed by atoms with Gasteiger partial charge in [-0.25, -0.2) is 0 Å². The van der Waals surface area contributed by atoms with Crippen molar-refractivity contribution in [2.75, 3.05) is 26.6 Å². The number of hydrogen-bond donors (Lipinski definition) is 2. The molecule has 0 bridgehead atoms. The van der Waals surface area contributed by atoms with Crippen molar-refractivity contribution in [2.24, 2.45) is 0 Å². The quantitative estimate of drug-likeness (QED) is 0.809. The maximum absolute atomic E-state index is 12.3. The summed E-state index contributed by atoms with van der Waals surface area (Å²) in [6, 6.07) is 8.94. The van der Waals surface area contributed by atoms with Gasteiger partial charge in [0.1, 0.15) is 6.10 Å². The summed E-state index contributed by atoms with van der Waals surface area (Å²) in [4.78, 5) is 13.3. The second kappa shape index (κ2) is 7.45. The minimum atomic E-state index is -0.278. The molecular weight excluding hydrogens is 318 g/mol. The predicted octanol–water partition coefficient (Wildman–Crippen LogP) is 1.96. The number of fused-ring (bicyclic) bond motifs is 1. The lowest BCUT2D eigenvalue weighted by Crippen LogP contribution is -2.29. The molecule has 2 N–H and O–H groups in total. The molecule has 0 spiro atoms. The summed E-state index contributed by atoms with van der Waals surface area (Å²) < 4.78 is 16.1. The number of carbonyl (C=O) groups is 1. The maximum Gasteiger partial charge on any atom is 0.251 e. The normalized spacial score (nSPS) is 13.8. The van der Waals surface area contributed by atoms with E-state index in [2.05, 4.69) is 5.32 Å². The van der Waals surface area contributed by atoms with Crippen LogP contribution in [0.15, 0.2) is 35.7 Å². The van der Waals surface area contributed by atoms with Gasteiger partial charge in [-0.2, -0.15) is 0 Å². The van der Waals surface area contributed by atoms with E-state index in [1.54, 1.807) is 29.5 Å². The second-order valence-corrected chi connectivity index (χ2v) is 5.86. The molecule has 1 amide bonds. The molecule has 0 saturated heterocycles. The molecule has 0 fully saturated rings. The molecule has 1 aromatic heterocycles. The molecule has 23 heavy (non-hydrogen) atoms. The van der Waals surface area contributed by atoms with Gasteiger partial charge in [0, 0.05) is 17.0 Å². The van der Waals surface area contributed by atoms with Crippen molar-refractivity contribution in [3.63, 3.8) is 0 Å². The standard InChI is InChI=1S/C16H17NO5S/c18-5-6-20-14(15-2-1-7-23-15)9-17-16(19)11-3-4-12-13(8-11)22-10-21-12/h1-4,7-8,14,18H,5-6,9-10H2,(H,17,19). The van der Waals surface area contributed by atoms with Crippen molar-refractivity contribution in [3.8, 4) is 11.5 Å². The number of benzene rings is 1. The Balaban J connectivity index is 1.62. The Labute approximate surface area is 137 Å². The smallest absolute Gasteiger partial charge is 0.251 e. The van der Waals surface area contributed by atoms with E-state index in [4.69, 9.17) is 19.3 Å². The predicted molar refractivity (Wildman–Crippen MR) is 85.0 cm³/mol. The Hall–Kier alpha value is -2.09. The molecular formula is C16H17NO5S. The molecule has 1 unspecified atom stereocenters. The van der Waals surface area contributed by atoms with Crippen molar-refractivity contribution < 1.29 is 24.1 Å². The first-order valence-electron chi connectivity index (χ1n) is 7.21. The third-order valence-corrected chi connectivity index (χ3v) is 4.32. The van der Waals surface area contributed by atoms with Gasteiger partial charge < -0.3 is 24.6 Å². The van der Waals surface area contributed by atoms with Crippen LogP contribution in [-0.4, -0.2) is 37.6 Å². The van der Waals surface area contributed by atoms with E-state index >= 15 is 0 Å². The van der Waals surface area contributed by atoms with Crippen LogP contribution in [0.5, 0.6) is 11.5 Å². The summed E-state index contributed by atoms with van der Waals surface area (Å²) >= 11 is 1.55. The van der Waals surface area contributed by atoms with Crippen LogP contribution in [0.25, 0.3) is 0 Å². The number of ether oxygens (including phenoxy) is 3. The largest absolute Gasteiger partial charge is 0.454 e. The van der Waals surface area contributed by atoms with Gasteiger partial charge in [-0.05, 0) is 29.6 Å². The molecule has 3 rings (SSSR count). The molecule has 0 saturated carbocycles. The van der Waals surface area contributed by atoms with Crippen LogP contribution in [0.2, 0.25) is 0 Å². The lowest BCUT2D eigenvalue weighted by atomic mass is 10.2. The minimum absolute atomic E-state index is 0.0576. The monoisotopic (exact) mass is 335 g/mol. The first-order valence-corrected chi connectivity index (χ1v) is 8.09. The van der Waals surface area contributed by atoms with E-state index in [1.165, 1.54) is 0 Å². The zero-order valence-electron chi connectivity index (χ0n) is 12.4. The first-order chi connectivity index (χ1) is 11.3. The zero-order valence-corrected chi connectivity index (χ0v) is 13.2. The molecule has 2 heterocycles. The molecule has 1 aliphatic rings.